The van der Waals surface area contributed by atoms with Crippen LogP contribution in [0.3, 0.4) is 0 Å². The zero-order valence-electron chi connectivity index (χ0n) is 13.5. The van der Waals surface area contributed by atoms with Gasteiger partial charge in [-0.25, -0.2) is 19.3 Å². The first kappa shape index (κ1) is 16.4. The Morgan fingerprint density at radius 3 is 2.52 bits per heavy atom. The lowest BCUT2D eigenvalue weighted by Crippen LogP contribution is -2.07. The second-order valence-electron chi connectivity index (χ2n) is 5.16. The third-order valence-electron chi connectivity index (χ3n) is 3.50. The van der Waals surface area contributed by atoms with Crippen molar-refractivity contribution in [3.05, 3.63) is 77.9 Å². The first-order valence-corrected chi connectivity index (χ1v) is 7.47. The van der Waals surface area contributed by atoms with E-state index in [-0.39, 0.29) is 6.61 Å². The zero-order valence-corrected chi connectivity index (χ0v) is 13.5. The molecular formula is C18H15N3O4. The predicted molar refractivity (Wildman–Crippen MR) is 88.3 cm³/mol. The summed E-state index contributed by atoms with van der Waals surface area (Å²) in [4.78, 5) is 27.5. The van der Waals surface area contributed by atoms with Gasteiger partial charge in [0.15, 0.2) is 0 Å². The van der Waals surface area contributed by atoms with Crippen molar-refractivity contribution in [1.82, 2.24) is 14.8 Å². The Labute approximate surface area is 143 Å². The standard InChI is InChI=1S/C18H15N3O4/c1-24-17(22)15-4-2-3-13(9-15)10-25-18(23)14-5-7-16(8-6-14)21-12-19-11-20-21/h2-9,11-12H,10H2,1H3. The van der Waals surface area contributed by atoms with E-state index in [2.05, 4.69) is 14.8 Å². The van der Waals surface area contributed by atoms with Gasteiger partial charge in [-0.3, -0.25) is 0 Å². The van der Waals surface area contributed by atoms with Crippen LogP contribution in [0.15, 0.2) is 61.2 Å². The van der Waals surface area contributed by atoms with Gasteiger partial charge in [0, 0.05) is 0 Å². The van der Waals surface area contributed by atoms with Gasteiger partial charge in [-0.2, -0.15) is 5.10 Å². The molecule has 0 bridgehead atoms. The second kappa shape index (κ2) is 7.39. The fraction of sp³-hybridized carbons (Fsp3) is 0.111. The van der Waals surface area contributed by atoms with E-state index in [0.29, 0.717) is 16.7 Å². The van der Waals surface area contributed by atoms with Gasteiger partial charge in [0.05, 0.1) is 23.9 Å². The number of hydrogen-bond donors (Lipinski definition) is 0. The summed E-state index contributed by atoms with van der Waals surface area (Å²) in [5.41, 5.74) is 2.33. The third kappa shape index (κ3) is 3.89. The van der Waals surface area contributed by atoms with Gasteiger partial charge in [-0.15, -0.1) is 0 Å². The summed E-state index contributed by atoms with van der Waals surface area (Å²) >= 11 is 0. The molecule has 0 aliphatic carbocycles. The minimum atomic E-state index is -0.450. The van der Waals surface area contributed by atoms with Gasteiger partial charge < -0.3 is 9.47 Å². The highest BCUT2D eigenvalue weighted by Gasteiger charge is 2.10. The molecule has 3 rings (SSSR count). The van der Waals surface area contributed by atoms with Crippen molar-refractivity contribution in [3.8, 4) is 5.69 Å². The van der Waals surface area contributed by atoms with E-state index in [9.17, 15) is 9.59 Å². The fourth-order valence-electron chi connectivity index (χ4n) is 2.23. The van der Waals surface area contributed by atoms with Crippen molar-refractivity contribution >= 4 is 11.9 Å². The molecule has 1 heterocycles. The number of benzene rings is 2. The van der Waals surface area contributed by atoms with Gasteiger partial charge in [0.25, 0.3) is 0 Å². The molecule has 7 heteroatoms. The molecule has 0 aliphatic heterocycles. The summed E-state index contributed by atoms with van der Waals surface area (Å²) in [5, 5.41) is 4.02. The number of aromatic nitrogens is 3. The Morgan fingerprint density at radius 2 is 1.84 bits per heavy atom. The molecule has 3 aromatic rings. The number of nitrogens with zero attached hydrogens (tertiary/aromatic N) is 3. The molecule has 1 aromatic heterocycles. The highest BCUT2D eigenvalue weighted by Crippen LogP contribution is 2.12. The van der Waals surface area contributed by atoms with Gasteiger partial charge >= 0.3 is 11.9 Å². The number of ether oxygens (including phenoxy) is 2. The molecule has 126 valence electrons. The molecule has 0 N–H and O–H groups in total. The summed E-state index contributed by atoms with van der Waals surface area (Å²) in [6.07, 6.45) is 3.01. The van der Waals surface area contributed by atoms with Gasteiger partial charge in [0.2, 0.25) is 0 Å². The van der Waals surface area contributed by atoms with Crippen LogP contribution in [-0.4, -0.2) is 33.8 Å². The molecule has 0 radical (unpaired) electrons. The van der Waals surface area contributed by atoms with Crippen LogP contribution >= 0.6 is 0 Å². The number of hydrogen-bond acceptors (Lipinski definition) is 6. The van der Waals surface area contributed by atoms with Crippen LogP contribution in [-0.2, 0) is 16.1 Å². The van der Waals surface area contributed by atoms with Gasteiger partial charge in [-0.1, -0.05) is 12.1 Å². The van der Waals surface area contributed by atoms with E-state index in [1.165, 1.54) is 13.4 Å². The Bertz CT molecular complexity index is 874. The normalized spacial score (nSPS) is 10.3. The van der Waals surface area contributed by atoms with E-state index in [1.807, 2.05) is 0 Å². The molecule has 0 atom stereocenters. The fourth-order valence-corrected chi connectivity index (χ4v) is 2.23. The van der Waals surface area contributed by atoms with E-state index in [0.717, 1.165) is 5.69 Å². The molecule has 0 fully saturated rings. The molecule has 0 saturated heterocycles. The van der Waals surface area contributed by atoms with Crippen molar-refractivity contribution in [2.45, 2.75) is 6.61 Å². The Kier molecular flexibility index (Phi) is 4.84. The summed E-state index contributed by atoms with van der Waals surface area (Å²) in [6.45, 7) is 0.0640. The molecule has 7 nitrogen and oxygen atoms in total. The number of carbonyl (C=O) groups is 2. The first-order chi connectivity index (χ1) is 12.2. The summed E-state index contributed by atoms with van der Waals surface area (Å²) in [6, 6.07) is 13.6. The van der Waals surface area contributed by atoms with Crippen LogP contribution in [0.25, 0.3) is 5.69 Å². The number of rotatable bonds is 5. The average molecular weight is 337 g/mol. The molecule has 0 amide bonds. The van der Waals surface area contributed by atoms with Crippen molar-refractivity contribution in [3.63, 3.8) is 0 Å². The lowest BCUT2D eigenvalue weighted by atomic mass is 10.1. The molecule has 0 saturated carbocycles. The van der Waals surface area contributed by atoms with E-state index in [4.69, 9.17) is 4.74 Å². The second-order valence-corrected chi connectivity index (χ2v) is 5.16. The van der Waals surface area contributed by atoms with Crippen molar-refractivity contribution in [1.29, 1.82) is 0 Å². The average Bonchev–Trinajstić information content (AvgIpc) is 3.20. The minimum absolute atomic E-state index is 0.0640. The number of methoxy groups -OCH3 is 1. The smallest absolute Gasteiger partial charge is 0.338 e. The lowest BCUT2D eigenvalue weighted by Gasteiger charge is -2.07. The SMILES string of the molecule is COC(=O)c1cccc(COC(=O)c2ccc(-n3cncn3)cc2)c1. The van der Waals surface area contributed by atoms with Crippen molar-refractivity contribution in [2.75, 3.05) is 7.11 Å². The maximum absolute atomic E-state index is 12.1. The van der Waals surface area contributed by atoms with Crippen LogP contribution in [0.1, 0.15) is 26.3 Å². The highest BCUT2D eigenvalue weighted by molar-refractivity contribution is 5.90. The number of esters is 2. The summed E-state index contributed by atoms with van der Waals surface area (Å²) < 4.78 is 11.5. The molecule has 25 heavy (non-hydrogen) atoms. The topological polar surface area (TPSA) is 83.3 Å². The lowest BCUT2D eigenvalue weighted by molar-refractivity contribution is 0.0472. The van der Waals surface area contributed by atoms with Crippen LogP contribution < -0.4 is 0 Å². The zero-order chi connectivity index (χ0) is 17.6. The highest BCUT2D eigenvalue weighted by atomic mass is 16.5. The Hall–Kier alpha value is -3.48. The van der Waals surface area contributed by atoms with Crippen LogP contribution in [0, 0.1) is 0 Å². The van der Waals surface area contributed by atoms with E-state index >= 15 is 0 Å². The molecule has 0 aliphatic rings. The summed E-state index contributed by atoms with van der Waals surface area (Å²) in [7, 11) is 1.32. The van der Waals surface area contributed by atoms with Crippen LogP contribution in [0.2, 0.25) is 0 Å². The first-order valence-electron chi connectivity index (χ1n) is 7.47. The Morgan fingerprint density at radius 1 is 1.04 bits per heavy atom. The maximum atomic E-state index is 12.1. The number of carbonyl (C=O) groups excluding carboxylic acids is 2. The third-order valence-corrected chi connectivity index (χ3v) is 3.50. The van der Waals surface area contributed by atoms with Crippen molar-refractivity contribution in [2.24, 2.45) is 0 Å². The molecule has 0 spiro atoms. The van der Waals surface area contributed by atoms with Gasteiger partial charge in [-0.05, 0) is 42.0 Å². The molecule has 2 aromatic carbocycles. The van der Waals surface area contributed by atoms with E-state index < -0.39 is 11.9 Å². The van der Waals surface area contributed by atoms with Crippen LogP contribution in [0.4, 0.5) is 0 Å². The monoisotopic (exact) mass is 337 g/mol. The predicted octanol–water partition coefficient (Wildman–Crippen LogP) is 2.41. The van der Waals surface area contributed by atoms with E-state index in [1.54, 1.807) is 59.5 Å². The quantitative estimate of drug-likeness (QED) is 0.665. The van der Waals surface area contributed by atoms with Crippen molar-refractivity contribution < 1.29 is 19.1 Å². The molecule has 0 unspecified atom stereocenters. The Balaban J connectivity index is 1.64. The van der Waals surface area contributed by atoms with Gasteiger partial charge in [0.1, 0.15) is 19.3 Å². The maximum Gasteiger partial charge on any atom is 0.338 e. The largest absolute Gasteiger partial charge is 0.465 e. The minimum Gasteiger partial charge on any atom is -0.465 e. The summed E-state index contributed by atoms with van der Waals surface area (Å²) in [5.74, 6) is -0.884. The van der Waals surface area contributed by atoms with Crippen LogP contribution in [0.5, 0.6) is 0 Å². The molecular weight excluding hydrogens is 322 g/mol.